The van der Waals surface area contributed by atoms with Crippen LogP contribution in [0, 0.1) is 6.92 Å². The molecule has 1 unspecified atom stereocenters. The van der Waals surface area contributed by atoms with Gasteiger partial charge in [0.2, 0.25) is 0 Å². The van der Waals surface area contributed by atoms with E-state index >= 15 is 0 Å². The molecular formula is C16H23F3N2. The monoisotopic (exact) mass is 300 g/mol. The SMILES string of the molecule is CCCNC1CCCN(c2cc(C(F)(F)F)ccc2C)C1. The zero-order valence-electron chi connectivity index (χ0n) is 12.6. The Kier molecular flexibility index (Phi) is 5.14. The number of piperidine rings is 1. The number of aryl methyl sites for hydroxylation is 1. The number of nitrogens with zero attached hydrogens (tertiary/aromatic N) is 1. The molecule has 2 rings (SSSR count). The van der Waals surface area contributed by atoms with Gasteiger partial charge in [0.05, 0.1) is 5.56 Å². The van der Waals surface area contributed by atoms with E-state index in [4.69, 9.17) is 0 Å². The quantitative estimate of drug-likeness (QED) is 0.904. The maximum atomic E-state index is 12.9. The first-order valence-electron chi connectivity index (χ1n) is 7.58. The molecule has 1 aliphatic rings. The fraction of sp³-hybridized carbons (Fsp3) is 0.625. The fourth-order valence-electron chi connectivity index (χ4n) is 2.84. The predicted octanol–water partition coefficient (Wildman–Crippen LogP) is 3.98. The van der Waals surface area contributed by atoms with Crippen LogP contribution in [0.5, 0.6) is 0 Å². The molecule has 2 nitrogen and oxygen atoms in total. The van der Waals surface area contributed by atoms with Crippen LogP contribution < -0.4 is 10.2 Å². The van der Waals surface area contributed by atoms with E-state index in [1.807, 2.05) is 6.92 Å². The second-order valence-electron chi connectivity index (χ2n) is 5.74. The van der Waals surface area contributed by atoms with Crippen LogP contribution in [-0.4, -0.2) is 25.7 Å². The zero-order chi connectivity index (χ0) is 15.5. The average Bonchev–Trinajstić information content (AvgIpc) is 2.44. The molecule has 0 bridgehead atoms. The van der Waals surface area contributed by atoms with E-state index in [-0.39, 0.29) is 0 Å². The summed E-state index contributed by atoms with van der Waals surface area (Å²) < 4.78 is 38.6. The van der Waals surface area contributed by atoms with Gasteiger partial charge < -0.3 is 10.2 Å². The molecule has 1 fully saturated rings. The summed E-state index contributed by atoms with van der Waals surface area (Å²) in [6.07, 6.45) is -1.11. The lowest BCUT2D eigenvalue weighted by molar-refractivity contribution is -0.137. The van der Waals surface area contributed by atoms with Crippen LogP contribution in [0.3, 0.4) is 0 Å². The Hall–Kier alpha value is -1.23. The van der Waals surface area contributed by atoms with E-state index in [0.29, 0.717) is 11.7 Å². The Labute approximate surface area is 124 Å². The second-order valence-corrected chi connectivity index (χ2v) is 5.74. The first-order valence-corrected chi connectivity index (χ1v) is 7.58. The Morgan fingerprint density at radius 1 is 1.33 bits per heavy atom. The summed E-state index contributed by atoms with van der Waals surface area (Å²) in [6.45, 7) is 6.55. The average molecular weight is 300 g/mol. The summed E-state index contributed by atoms with van der Waals surface area (Å²) in [5.41, 5.74) is 1.05. The summed E-state index contributed by atoms with van der Waals surface area (Å²) in [6, 6.07) is 4.39. The minimum Gasteiger partial charge on any atom is -0.370 e. The summed E-state index contributed by atoms with van der Waals surface area (Å²) in [4.78, 5) is 2.08. The van der Waals surface area contributed by atoms with Crippen molar-refractivity contribution in [2.45, 2.75) is 45.3 Å². The smallest absolute Gasteiger partial charge is 0.370 e. The first-order chi connectivity index (χ1) is 9.91. The minimum absolute atomic E-state index is 0.368. The number of hydrogen-bond acceptors (Lipinski definition) is 2. The Morgan fingerprint density at radius 2 is 2.10 bits per heavy atom. The third kappa shape index (κ3) is 4.13. The van der Waals surface area contributed by atoms with E-state index < -0.39 is 11.7 Å². The van der Waals surface area contributed by atoms with Crippen LogP contribution in [0.15, 0.2) is 18.2 Å². The molecule has 0 radical (unpaired) electrons. The molecule has 0 aliphatic carbocycles. The van der Waals surface area contributed by atoms with Gasteiger partial charge in [-0.25, -0.2) is 0 Å². The highest BCUT2D eigenvalue weighted by Crippen LogP contribution is 2.34. The van der Waals surface area contributed by atoms with E-state index in [1.54, 1.807) is 6.07 Å². The molecule has 1 aromatic rings. The molecule has 5 heteroatoms. The standard InChI is InChI=1S/C16H23F3N2/c1-3-8-20-14-5-4-9-21(11-14)15-10-13(16(17,18)19)7-6-12(15)2/h6-7,10,14,20H,3-5,8-9,11H2,1-2H3. The van der Waals surface area contributed by atoms with Crippen molar-refractivity contribution in [1.82, 2.24) is 5.32 Å². The number of hydrogen-bond donors (Lipinski definition) is 1. The number of anilines is 1. The number of alkyl halides is 3. The van der Waals surface area contributed by atoms with Crippen LogP contribution in [-0.2, 0) is 6.18 Å². The zero-order valence-corrected chi connectivity index (χ0v) is 12.6. The van der Waals surface area contributed by atoms with Gasteiger partial charge in [-0.15, -0.1) is 0 Å². The Bertz CT molecular complexity index is 471. The molecule has 1 N–H and O–H groups in total. The molecule has 21 heavy (non-hydrogen) atoms. The lowest BCUT2D eigenvalue weighted by Gasteiger charge is -2.36. The van der Waals surface area contributed by atoms with Gasteiger partial charge in [-0.1, -0.05) is 13.0 Å². The molecule has 0 amide bonds. The third-order valence-electron chi connectivity index (χ3n) is 3.98. The Morgan fingerprint density at radius 3 is 2.76 bits per heavy atom. The number of rotatable bonds is 4. The van der Waals surface area contributed by atoms with Crippen LogP contribution >= 0.6 is 0 Å². The highest BCUT2D eigenvalue weighted by atomic mass is 19.4. The van der Waals surface area contributed by atoms with Gasteiger partial charge in [-0.05, 0) is 50.4 Å². The van der Waals surface area contributed by atoms with Gasteiger partial charge in [0.1, 0.15) is 0 Å². The molecule has 1 heterocycles. The lowest BCUT2D eigenvalue weighted by Crippen LogP contribution is -2.46. The molecule has 0 spiro atoms. The molecule has 118 valence electrons. The van der Waals surface area contributed by atoms with E-state index in [9.17, 15) is 13.2 Å². The topological polar surface area (TPSA) is 15.3 Å². The highest BCUT2D eigenvalue weighted by molar-refractivity contribution is 5.56. The van der Waals surface area contributed by atoms with Gasteiger partial charge >= 0.3 is 6.18 Å². The summed E-state index contributed by atoms with van der Waals surface area (Å²) in [5.74, 6) is 0. The van der Waals surface area contributed by atoms with Crippen LogP contribution in [0.2, 0.25) is 0 Å². The molecule has 1 atom stereocenters. The summed E-state index contributed by atoms with van der Waals surface area (Å²) in [7, 11) is 0. The van der Waals surface area contributed by atoms with Crippen molar-refractivity contribution >= 4 is 5.69 Å². The van der Waals surface area contributed by atoms with Crippen molar-refractivity contribution in [2.24, 2.45) is 0 Å². The van der Waals surface area contributed by atoms with Crippen molar-refractivity contribution in [3.05, 3.63) is 29.3 Å². The number of nitrogens with one attached hydrogen (secondary N) is 1. The van der Waals surface area contributed by atoms with Crippen LogP contribution in [0.4, 0.5) is 18.9 Å². The largest absolute Gasteiger partial charge is 0.416 e. The van der Waals surface area contributed by atoms with Gasteiger partial charge in [0, 0.05) is 24.8 Å². The van der Waals surface area contributed by atoms with Gasteiger partial charge in [0.15, 0.2) is 0 Å². The molecule has 1 saturated heterocycles. The van der Waals surface area contributed by atoms with Crippen molar-refractivity contribution in [2.75, 3.05) is 24.5 Å². The van der Waals surface area contributed by atoms with Crippen molar-refractivity contribution < 1.29 is 13.2 Å². The van der Waals surface area contributed by atoms with Crippen molar-refractivity contribution in [3.8, 4) is 0 Å². The first kappa shape index (κ1) is 16.1. The van der Waals surface area contributed by atoms with Crippen LogP contribution in [0.1, 0.15) is 37.3 Å². The number of benzene rings is 1. The number of halogens is 3. The van der Waals surface area contributed by atoms with Crippen LogP contribution in [0.25, 0.3) is 0 Å². The Balaban J connectivity index is 2.16. The van der Waals surface area contributed by atoms with E-state index in [2.05, 4.69) is 17.1 Å². The summed E-state index contributed by atoms with van der Waals surface area (Å²) in [5, 5.41) is 3.47. The van der Waals surface area contributed by atoms with E-state index in [1.165, 1.54) is 6.07 Å². The molecular weight excluding hydrogens is 277 g/mol. The fourth-order valence-corrected chi connectivity index (χ4v) is 2.84. The molecule has 0 saturated carbocycles. The molecule has 1 aromatic carbocycles. The molecule has 0 aromatic heterocycles. The molecule has 1 aliphatic heterocycles. The van der Waals surface area contributed by atoms with Gasteiger partial charge in [-0.3, -0.25) is 0 Å². The predicted molar refractivity (Wildman–Crippen MR) is 79.7 cm³/mol. The highest BCUT2D eigenvalue weighted by Gasteiger charge is 2.31. The maximum absolute atomic E-state index is 12.9. The van der Waals surface area contributed by atoms with Gasteiger partial charge in [0.25, 0.3) is 0 Å². The normalized spacial score (nSPS) is 19.9. The lowest BCUT2D eigenvalue weighted by atomic mass is 10.0. The maximum Gasteiger partial charge on any atom is 0.416 e. The van der Waals surface area contributed by atoms with Gasteiger partial charge in [-0.2, -0.15) is 13.2 Å². The third-order valence-corrected chi connectivity index (χ3v) is 3.98. The van der Waals surface area contributed by atoms with Crippen molar-refractivity contribution in [3.63, 3.8) is 0 Å². The van der Waals surface area contributed by atoms with Crippen molar-refractivity contribution in [1.29, 1.82) is 0 Å². The summed E-state index contributed by atoms with van der Waals surface area (Å²) >= 11 is 0. The van der Waals surface area contributed by atoms with E-state index in [0.717, 1.165) is 50.5 Å². The second kappa shape index (κ2) is 6.69. The minimum atomic E-state index is -4.28.